The van der Waals surface area contributed by atoms with Crippen molar-refractivity contribution < 1.29 is 9.53 Å². The van der Waals surface area contributed by atoms with E-state index < -0.39 is 0 Å². The summed E-state index contributed by atoms with van der Waals surface area (Å²) >= 11 is 1.45. The van der Waals surface area contributed by atoms with Gasteiger partial charge in [0.15, 0.2) is 5.16 Å². The summed E-state index contributed by atoms with van der Waals surface area (Å²) in [4.78, 5) is 16.5. The molecular formula is C19H25N5O2S. The standard InChI is InChI=1S/C19H25N5O2S/c1-26-16-9-4-3-8-15(16)24-18(23-10-5-2-6-11-23)20-21-19(24)27-14-17(25)22-12-7-13-22/h3-4,8-9H,2,5-7,10-14H2,1H3. The molecule has 3 heterocycles. The first-order valence-corrected chi connectivity index (χ1v) is 10.5. The number of thioether (sulfide) groups is 1. The predicted molar refractivity (Wildman–Crippen MR) is 106 cm³/mol. The van der Waals surface area contributed by atoms with Crippen LogP contribution in [0.1, 0.15) is 25.7 Å². The Hall–Kier alpha value is -2.22. The second-order valence-corrected chi connectivity index (χ2v) is 7.80. The lowest BCUT2D eigenvalue weighted by Gasteiger charge is -2.30. The maximum atomic E-state index is 12.3. The van der Waals surface area contributed by atoms with Gasteiger partial charge < -0.3 is 14.5 Å². The number of carbonyl (C=O) groups excluding carboxylic acids is 1. The Balaban J connectivity index is 1.65. The first kappa shape index (κ1) is 18.2. The van der Waals surface area contributed by atoms with Crippen LogP contribution in [0.2, 0.25) is 0 Å². The molecule has 2 aliphatic heterocycles. The van der Waals surface area contributed by atoms with E-state index in [9.17, 15) is 4.79 Å². The van der Waals surface area contributed by atoms with Crippen molar-refractivity contribution in [2.45, 2.75) is 30.8 Å². The molecular weight excluding hydrogens is 362 g/mol. The summed E-state index contributed by atoms with van der Waals surface area (Å²) in [6.07, 6.45) is 4.68. The van der Waals surface area contributed by atoms with Crippen molar-refractivity contribution in [3.63, 3.8) is 0 Å². The first-order chi connectivity index (χ1) is 13.3. The number of hydrogen-bond donors (Lipinski definition) is 0. The van der Waals surface area contributed by atoms with Gasteiger partial charge in [-0.25, -0.2) is 0 Å². The van der Waals surface area contributed by atoms with Crippen LogP contribution >= 0.6 is 11.8 Å². The number of benzene rings is 1. The number of hydrogen-bond acceptors (Lipinski definition) is 6. The Morgan fingerprint density at radius 1 is 1.07 bits per heavy atom. The van der Waals surface area contributed by atoms with Gasteiger partial charge in [-0.15, -0.1) is 10.2 Å². The lowest BCUT2D eigenvalue weighted by molar-refractivity contribution is -0.131. The summed E-state index contributed by atoms with van der Waals surface area (Å²) in [6.45, 7) is 3.70. The molecule has 2 aliphatic rings. The molecule has 2 aromatic rings. The fourth-order valence-corrected chi connectivity index (χ4v) is 4.31. The number of aromatic nitrogens is 3. The van der Waals surface area contributed by atoms with Crippen LogP contribution in [0.25, 0.3) is 5.69 Å². The number of anilines is 1. The molecule has 0 N–H and O–H groups in total. The van der Waals surface area contributed by atoms with Crippen LogP contribution in [-0.4, -0.2) is 64.6 Å². The average Bonchev–Trinajstić information content (AvgIpc) is 3.09. The van der Waals surface area contributed by atoms with Crippen LogP contribution in [0.3, 0.4) is 0 Å². The number of carbonyl (C=O) groups is 1. The van der Waals surface area contributed by atoms with E-state index in [0.717, 1.165) is 68.0 Å². The Morgan fingerprint density at radius 2 is 1.85 bits per heavy atom. The maximum absolute atomic E-state index is 12.3. The fraction of sp³-hybridized carbons (Fsp3) is 0.526. The van der Waals surface area contributed by atoms with Gasteiger partial charge in [-0.1, -0.05) is 23.9 Å². The lowest BCUT2D eigenvalue weighted by Crippen LogP contribution is -2.43. The van der Waals surface area contributed by atoms with Crippen LogP contribution in [-0.2, 0) is 4.79 Å². The minimum Gasteiger partial charge on any atom is -0.495 e. The van der Waals surface area contributed by atoms with E-state index in [1.54, 1.807) is 7.11 Å². The Bertz CT molecular complexity index is 799. The maximum Gasteiger partial charge on any atom is 0.233 e. The summed E-state index contributed by atoms with van der Waals surface area (Å²) in [7, 11) is 1.67. The molecule has 2 fully saturated rings. The number of para-hydroxylation sites is 2. The summed E-state index contributed by atoms with van der Waals surface area (Å²) < 4.78 is 7.62. The fourth-order valence-electron chi connectivity index (χ4n) is 3.46. The van der Waals surface area contributed by atoms with Gasteiger partial charge in [-0.05, 0) is 37.8 Å². The van der Waals surface area contributed by atoms with Crippen LogP contribution in [0.5, 0.6) is 5.75 Å². The number of methoxy groups -OCH3 is 1. The number of amides is 1. The molecule has 0 spiro atoms. The molecule has 8 heteroatoms. The number of rotatable bonds is 6. The van der Waals surface area contributed by atoms with Crippen molar-refractivity contribution in [1.82, 2.24) is 19.7 Å². The van der Waals surface area contributed by atoms with Crippen LogP contribution < -0.4 is 9.64 Å². The summed E-state index contributed by atoms with van der Waals surface area (Å²) in [5.41, 5.74) is 0.907. The number of likely N-dealkylation sites (tertiary alicyclic amines) is 1. The van der Waals surface area contributed by atoms with Crippen molar-refractivity contribution in [3.8, 4) is 11.4 Å². The van der Waals surface area contributed by atoms with Gasteiger partial charge >= 0.3 is 0 Å². The highest BCUT2D eigenvalue weighted by atomic mass is 32.2. The number of piperidine rings is 1. The number of nitrogens with zero attached hydrogens (tertiary/aromatic N) is 5. The molecule has 1 aromatic carbocycles. The molecule has 0 saturated carbocycles. The minimum absolute atomic E-state index is 0.167. The molecule has 0 bridgehead atoms. The minimum atomic E-state index is 0.167. The van der Waals surface area contributed by atoms with E-state index in [1.807, 2.05) is 33.7 Å². The quantitative estimate of drug-likeness (QED) is 0.710. The predicted octanol–water partition coefficient (Wildman–Crippen LogP) is 2.59. The van der Waals surface area contributed by atoms with Gasteiger partial charge in [0.05, 0.1) is 18.6 Å². The average molecular weight is 388 g/mol. The molecule has 7 nitrogen and oxygen atoms in total. The van der Waals surface area contributed by atoms with E-state index >= 15 is 0 Å². The highest BCUT2D eigenvalue weighted by Gasteiger charge is 2.25. The smallest absolute Gasteiger partial charge is 0.233 e. The van der Waals surface area contributed by atoms with Crippen molar-refractivity contribution in [2.24, 2.45) is 0 Å². The van der Waals surface area contributed by atoms with E-state index in [-0.39, 0.29) is 5.91 Å². The molecule has 0 atom stereocenters. The summed E-state index contributed by atoms with van der Waals surface area (Å²) in [6, 6.07) is 7.89. The zero-order chi connectivity index (χ0) is 18.6. The Kier molecular flexibility index (Phi) is 5.52. The van der Waals surface area contributed by atoms with E-state index in [4.69, 9.17) is 4.74 Å². The van der Waals surface area contributed by atoms with Crippen LogP contribution in [0.15, 0.2) is 29.4 Å². The van der Waals surface area contributed by atoms with Crippen molar-refractivity contribution in [3.05, 3.63) is 24.3 Å². The highest BCUT2D eigenvalue weighted by Crippen LogP contribution is 2.33. The highest BCUT2D eigenvalue weighted by molar-refractivity contribution is 7.99. The van der Waals surface area contributed by atoms with Gasteiger partial charge in [-0.3, -0.25) is 9.36 Å². The number of ether oxygens (including phenoxy) is 1. The second-order valence-electron chi connectivity index (χ2n) is 6.86. The van der Waals surface area contributed by atoms with Crippen molar-refractivity contribution in [2.75, 3.05) is 43.9 Å². The van der Waals surface area contributed by atoms with E-state index in [0.29, 0.717) is 5.75 Å². The SMILES string of the molecule is COc1ccccc1-n1c(SCC(=O)N2CCC2)nnc1N1CCCCC1. The van der Waals surface area contributed by atoms with Crippen molar-refractivity contribution in [1.29, 1.82) is 0 Å². The monoisotopic (exact) mass is 387 g/mol. The summed E-state index contributed by atoms with van der Waals surface area (Å²) in [5, 5.41) is 9.64. The van der Waals surface area contributed by atoms with Gasteiger partial charge in [-0.2, -0.15) is 0 Å². The molecule has 0 aliphatic carbocycles. The third-order valence-corrected chi connectivity index (χ3v) is 6.03. The van der Waals surface area contributed by atoms with Crippen molar-refractivity contribution >= 4 is 23.6 Å². The molecule has 2 saturated heterocycles. The Morgan fingerprint density at radius 3 is 2.56 bits per heavy atom. The topological polar surface area (TPSA) is 63.5 Å². The zero-order valence-electron chi connectivity index (χ0n) is 15.6. The van der Waals surface area contributed by atoms with Gasteiger partial charge in [0.1, 0.15) is 5.75 Å². The second kappa shape index (κ2) is 8.21. The summed E-state index contributed by atoms with van der Waals surface area (Å²) in [5.74, 6) is 2.15. The molecule has 1 amide bonds. The van der Waals surface area contributed by atoms with E-state index in [2.05, 4.69) is 15.1 Å². The van der Waals surface area contributed by atoms with Crippen LogP contribution in [0.4, 0.5) is 5.95 Å². The molecule has 0 unspecified atom stereocenters. The van der Waals surface area contributed by atoms with Gasteiger partial charge in [0, 0.05) is 26.2 Å². The Labute approximate surface area is 163 Å². The normalized spacial score (nSPS) is 16.9. The third kappa shape index (κ3) is 3.76. The third-order valence-electron chi connectivity index (χ3n) is 5.11. The van der Waals surface area contributed by atoms with E-state index in [1.165, 1.54) is 18.2 Å². The van der Waals surface area contributed by atoms with Gasteiger partial charge in [0.25, 0.3) is 0 Å². The van der Waals surface area contributed by atoms with Gasteiger partial charge in [0.2, 0.25) is 11.9 Å². The molecule has 0 radical (unpaired) electrons. The molecule has 1 aromatic heterocycles. The lowest BCUT2D eigenvalue weighted by atomic mass is 10.1. The molecule has 144 valence electrons. The molecule has 27 heavy (non-hydrogen) atoms. The first-order valence-electron chi connectivity index (χ1n) is 9.52. The van der Waals surface area contributed by atoms with Crippen LogP contribution in [0, 0.1) is 0 Å². The largest absolute Gasteiger partial charge is 0.495 e. The molecule has 4 rings (SSSR count). The zero-order valence-corrected chi connectivity index (χ0v) is 16.5.